The number of rotatable bonds is 4. The van der Waals surface area contributed by atoms with Crippen molar-refractivity contribution in [1.29, 1.82) is 0 Å². The highest BCUT2D eigenvalue weighted by atomic mass is 16.3. The summed E-state index contributed by atoms with van der Waals surface area (Å²) in [6.45, 7) is 13.0. The molecule has 0 atom stereocenters. The lowest BCUT2D eigenvalue weighted by Gasteiger charge is -2.27. The molecule has 0 saturated carbocycles. The maximum absolute atomic E-state index is 11.6. The van der Waals surface area contributed by atoms with Crippen LogP contribution in [0.2, 0.25) is 0 Å². The molecule has 4 aromatic heterocycles. The predicted octanol–water partition coefficient (Wildman–Crippen LogP) is 8.99. The first kappa shape index (κ1) is 28.6. The van der Waals surface area contributed by atoms with E-state index < -0.39 is 0 Å². The number of para-hydroxylation sites is 1. The zero-order valence-corrected chi connectivity index (χ0v) is 26.7. The van der Waals surface area contributed by atoms with Gasteiger partial charge < -0.3 is 9.67 Å². The van der Waals surface area contributed by atoms with E-state index in [1.807, 2.05) is 23.0 Å². The van der Waals surface area contributed by atoms with Gasteiger partial charge in [-0.15, -0.1) is 0 Å². The van der Waals surface area contributed by atoms with E-state index in [4.69, 9.17) is 4.98 Å². The molecule has 3 aromatic carbocycles. The second-order valence-electron chi connectivity index (χ2n) is 13.9. The standard InChI is InChI=1S/C40H38N4O/c1-39(2,3)29-22-33(40(4,5)6)38(45)36(23-29)42-24-30-15-12-18-35(44(30)26-42)32-25-43(34-17-11-10-16-31(32)34)37-21-28(19-20-41-37)27-13-8-7-9-14-27/h7-25,45H,1-6H3. The van der Waals surface area contributed by atoms with Gasteiger partial charge in [-0.3, -0.25) is 8.97 Å². The van der Waals surface area contributed by atoms with Crippen LogP contribution in [0.3, 0.4) is 0 Å². The minimum absolute atomic E-state index is 0.0823. The van der Waals surface area contributed by atoms with Gasteiger partial charge in [-0.25, -0.2) is 4.98 Å². The molecule has 7 rings (SSSR count). The number of phenolic OH excluding ortho intramolecular Hbond substituents is 1. The normalized spacial score (nSPS) is 12.3. The number of aromatic nitrogens is 4. The molecule has 0 bridgehead atoms. The molecule has 0 radical (unpaired) electrons. The van der Waals surface area contributed by atoms with Crippen LogP contribution in [0.4, 0.5) is 0 Å². The number of imidazole rings is 1. The van der Waals surface area contributed by atoms with Gasteiger partial charge >= 0.3 is 0 Å². The van der Waals surface area contributed by atoms with Crippen LogP contribution in [0.25, 0.3) is 50.3 Å². The Morgan fingerprint density at radius 1 is 0.756 bits per heavy atom. The molecular formula is C40H38N4O. The lowest BCUT2D eigenvalue weighted by atomic mass is 9.79. The van der Waals surface area contributed by atoms with Gasteiger partial charge in [-0.1, -0.05) is 108 Å². The summed E-state index contributed by atoms with van der Waals surface area (Å²) in [5.41, 5.74) is 8.92. The van der Waals surface area contributed by atoms with Gasteiger partial charge in [0.05, 0.1) is 16.7 Å². The molecule has 0 amide bonds. The first-order chi connectivity index (χ1) is 21.5. The molecule has 45 heavy (non-hydrogen) atoms. The molecule has 7 aromatic rings. The number of nitrogens with zero attached hydrogens (tertiary/aromatic N) is 4. The van der Waals surface area contributed by atoms with Crippen molar-refractivity contribution in [2.75, 3.05) is 0 Å². The van der Waals surface area contributed by atoms with Crippen molar-refractivity contribution in [1.82, 2.24) is 14.0 Å². The van der Waals surface area contributed by atoms with Crippen molar-refractivity contribution in [3.8, 4) is 39.6 Å². The summed E-state index contributed by atoms with van der Waals surface area (Å²) < 4.78 is 6.18. The fraction of sp³-hybridized carbons (Fsp3) is 0.200. The number of aromatic hydroxyl groups is 1. The third kappa shape index (κ3) is 5.08. The molecule has 0 aliphatic rings. The van der Waals surface area contributed by atoms with Crippen LogP contribution in [0.15, 0.2) is 116 Å². The Balaban J connectivity index is 1.41. The van der Waals surface area contributed by atoms with Crippen LogP contribution in [0.5, 0.6) is 5.75 Å². The first-order valence-corrected chi connectivity index (χ1v) is 15.5. The average molecular weight is 591 g/mol. The Bertz CT molecular complexity index is 2190. The molecule has 0 fully saturated rings. The Labute approximate surface area is 264 Å². The largest absolute Gasteiger partial charge is 0.511 e. The van der Waals surface area contributed by atoms with Gasteiger partial charge in [-0.2, -0.15) is 0 Å². The lowest BCUT2D eigenvalue weighted by Crippen LogP contribution is -2.30. The van der Waals surface area contributed by atoms with Crippen LogP contribution in [0.1, 0.15) is 52.7 Å². The highest BCUT2D eigenvalue weighted by Crippen LogP contribution is 2.38. The second kappa shape index (κ2) is 10.5. The van der Waals surface area contributed by atoms with E-state index in [1.54, 1.807) is 0 Å². The van der Waals surface area contributed by atoms with Crippen molar-refractivity contribution in [2.24, 2.45) is 0 Å². The first-order valence-electron chi connectivity index (χ1n) is 15.5. The molecule has 0 unspecified atom stereocenters. The van der Waals surface area contributed by atoms with Crippen LogP contribution in [0, 0.1) is 6.33 Å². The maximum atomic E-state index is 11.6. The third-order valence-electron chi connectivity index (χ3n) is 8.60. The fourth-order valence-corrected chi connectivity index (χ4v) is 6.08. The van der Waals surface area contributed by atoms with E-state index >= 15 is 0 Å². The van der Waals surface area contributed by atoms with Crippen LogP contribution < -0.4 is 4.57 Å². The van der Waals surface area contributed by atoms with E-state index in [-0.39, 0.29) is 16.6 Å². The molecule has 4 heterocycles. The van der Waals surface area contributed by atoms with E-state index in [2.05, 4.69) is 154 Å². The summed E-state index contributed by atoms with van der Waals surface area (Å²) in [7, 11) is 0. The molecule has 0 aliphatic heterocycles. The number of phenols is 1. The van der Waals surface area contributed by atoms with Gasteiger partial charge in [-0.05, 0) is 63.4 Å². The SMILES string of the molecule is CC(C)(C)c1cc(-[n+]2[c-]n3c(-c4cn(-c5cc(-c6ccccc6)ccn5)c5ccccc45)cccc3c2)c(O)c(C(C)(C)C)c1. The Hall–Kier alpha value is -5.16. The van der Waals surface area contributed by atoms with Gasteiger partial charge in [0.25, 0.3) is 6.33 Å². The molecule has 1 N–H and O–H groups in total. The number of pyridine rings is 2. The summed E-state index contributed by atoms with van der Waals surface area (Å²) in [4.78, 5) is 4.78. The molecule has 0 aliphatic carbocycles. The Kier molecular flexibility index (Phi) is 6.66. The summed E-state index contributed by atoms with van der Waals surface area (Å²) in [5.74, 6) is 1.14. The second-order valence-corrected chi connectivity index (χ2v) is 13.9. The van der Waals surface area contributed by atoms with E-state index in [9.17, 15) is 5.11 Å². The number of hydrogen-bond acceptors (Lipinski definition) is 2. The number of fused-ring (bicyclic) bond motifs is 2. The zero-order valence-electron chi connectivity index (χ0n) is 26.7. The minimum atomic E-state index is -0.224. The van der Waals surface area contributed by atoms with Crippen molar-refractivity contribution < 1.29 is 9.67 Å². The summed E-state index contributed by atoms with van der Waals surface area (Å²) in [5, 5.41) is 12.7. The third-order valence-corrected chi connectivity index (χ3v) is 8.60. The van der Waals surface area contributed by atoms with E-state index in [0.29, 0.717) is 0 Å². The van der Waals surface area contributed by atoms with Gasteiger partial charge in [0.15, 0.2) is 0 Å². The van der Waals surface area contributed by atoms with Crippen LogP contribution in [-0.4, -0.2) is 19.1 Å². The van der Waals surface area contributed by atoms with Crippen molar-refractivity contribution in [3.05, 3.63) is 133 Å². The average Bonchev–Trinajstić information content (AvgIpc) is 3.63. The van der Waals surface area contributed by atoms with E-state index in [0.717, 1.165) is 55.9 Å². The van der Waals surface area contributed by atoms with Crippen LogP contribution >= 0.6 is 0 Å². The van der Waals surface area contributed by atoms with Crippen molar-refractivity contribution in [3.63, 3.8) is 0 Å². The highest BCUT2D eigenvalue weighted by molar-refractivity contribution is 5.96. The molecule has 5 nitrogen and oxygen atoms in total. The van der Waals surface area contributed by atoms with Gasteiger partial charge in [0, 0.05) is 29.5 Å². The zero-order chi connectivity index (χ0) is 31.5. The number of hydrogen-bond donors (Lipinski definition) is 1. The lowest BCUT2D eigenvalue weighted by molar-refractivity contribution is -0.599. The molecular weight excluding hydrogens is 552 g/mol. The minimum Gasteiger partial charge on any atom is -0.511 e. The van der Waals surface area contributed by atoms with E-state index in [1.165, 1.54) is 5.56 Å². The molecule has 0 saturated heterocycles. The highest BCUT2D eigenvalue weighted by Gasteiger charge is 2.26. The van der Waals surface area contributed by atoms with Gasteiger partial charge in [0.2, 0.25) is 0 Å². The molecule has 5 heteroatoms. The topological polar surface area (TPSA) is 46.3 Å². The summed E-state index contributed by atoms with van der Waals surface area (Å²) in [6, 6.07) is 33.5. The van der Waals surface area contributed by atoms with Gasteiger partial charge in [0.1, 0.15) is 17.3 Å². The fourth-order valence-electron chi connectivity index (χ4n) is 6.08. The smallest absolute Gasteiger partial charge is 0.269 e. The molecule has 0 spiro atoms. The molecule has 224 valence electrons. The van der Waals surface area contributed by atoms with Crippen molar-refractivity contribution in [2.45, 2.75) is 52.4 Å². The van der Waals surface area contributed by atoms with Crippen molar-refractivity contribution >= 4 is 16.4 Å². The Morgan fingerprint density at radius 3 is 2.27 bits per heavy atom. The summed E-state index contributed by atoms with van der Waals surface area (Å²) in [6.07, 6.45) is 9.66. The maximum Gasteiger partial charge on any atom is 0.269 e. The van der Waals surface area contributed by atoms with Crippen LogP contribution in [-0.2, 0) is 10.8 Å². The summed E-state index contributed by atoms with van der Waals surface area (Å²) >= 11 is 0. The predicted molar refractivity (Wildman–Crippen MR) is 182 cm³/mol. The Morgan fingerprint density at radius 2 is 1.51 bits per heavy atom. The quantitative estimate of drug-likeness (QED) is 0.164. The monoisotopic (exact) mass is 590 g/mol. The number of benzene rings is 3.